The number of anilines is 5. The van der Waals surface area contributed by atoms with Gasteiger partial charge in [0.1, 0.15) is 0 Å². The molecule has 0 aliphatic carbocycles. The van der Waals surface area contributed by atoms with Gasteiger partial charge < -0.3 is 0 Å². The normalized spacial score (nSPS) is 16.7. The maximum absolute atomic E-state index is 7.24. The maximum atomic E-state index is 7.24. The summed E-state index contributed by atoms with van der Waals surface area (Å²) in [7, 11) is -10.0. The molecular weight excluding hydrogens is 757 g/mol. The Kier molecular flexibility index (Phi) is 10.5. The van der Waals surface area contributed by atoms with E-state index in [4.69, 9.17) is 60.6 Å². The molecule has 0 aromatic heterocycles. The van der Waals surface area contributed by atoms with Crippen molar-refractivity contribution in [2.45, 2.75) is 13.3 Å². The summed E-state index contributed by atoms with van der Waals surface area (Å²) >= 11 is 0. The third-order valence-corrected chi connectivity index (χ3v) is 16.7. The van der Waals surface area contributed by atoms with Crippen LogP contribution in [0.3, 0.4) is 0 Å². The van der Waals surface area contributed by atoms with E-state index in [1.807, 2.05) is 24.3 Å². The van der Waals surface area contributed by atoms with Gasteiger partial charge in [0.2, 0.25) is 0 Å². The van der Waals surface area contributed by atoms with Crippen LogP contribution in [-0.4, -0.2) is 4.60 Å². The molecule has 0 amide bonds. The molecule has 0 saturated heterocycles. The molecule has 1 atom stereocenters. The molecule has 7 rings (SSSR count). The number of nitrogens with two attached hydrogens (primary N) is 5. The Morgan fingerprint density at radius 2 is 0.836 bits per heavy atom. The summed E-state index contributed by atoms with van der Waals surface area (Å²) in [5, 5.41) is 0. The molecule has 11 N–H and O–H groups in total. The van der Waals surface area contributed by atoms with Crippen LogP contribution in [-0.2, 0) is 6.42 Å². The predicted molar refractivity (Wildman–Crippen MR) is 223 cm³/mol. The summed E-state index contributed by atoms with van der Waals surface area (Å²) < 4.78 is 41.9. The quantitative estimate of drug-likeness (QED) is 0.0475. The van der Waals surface area contributed by atoms with Crippen molar-refractivity contribution in [2.75, 3.05) is 28.7 Å². The SMILES string of the molecule is CCc1ccc(OP2(Oc3ccc(N)cc3)(Oc3ccc(N)cc3)NPN=P(Oc3ccc(N)cc3)(Oc3ccc(N)cc3)N2Oc2ccc(N)cc2)cc1. The van der Waals surface area contributed by atoms with Crippen molar-refractivity contribution < 1.29 is 27.5 Å². The molecule has 6 aromatic carbocycles. The first-order valence-electron chi connectivity index (χ1n) is 17.0. The molecule has 1 aliphatic heterocycles. The van der Waals surface area contributed by atoms with Crippen molar-refractivity contribution in [3.63, 3.8) is 0 Å². The summed E-state index contributed by atoms with van der Waals surface area (Å²) in [6, 6.07) is 41.5. The van der Waals surface area contributed by atoms with Gasteiger partial charge in [0.05, 0.1) is 0 Å². The van der Waals surface area contributed by atoms with Crippen molar-refractivity contribution in [1.29, 1.82) is 0 Å². The Hall–Kier alpha value is -5.87. The molecule has 0 bridgehead atoms. The molecule has 17 heteroatoms. The zero-order chi connectivity index (χ0) is 38.5. The van der Waals surface area contributed by atoms with E-state index in [0.717, 1.165) is 12.0 Å². The summed E-state index contributed by atoms with van der Waals surface area (Å²) in [6.45, 7) is 2.07. The third kappa shape index (κ3) is 8.29. The summed E-state index contributed by atoms with van der Waals surface area (Å²) in [4.78, 5) is 10.4. The first kappa shape index (κ1) is 37.4. The zero-order valence-electron chi connectivity index (χ0n) is 29.7. The van der Waals surface area contributed by atoms with E-state index in [9.17, 15) is 0 Å². The van der Waals surface area contributed by atoms with E-state index in [1.165, 1.54) is 4.60 Å². The number of hydrogen-bond acceptors (Lipinski definition) is 14. The molecule has 6 aromatic rings. The summed E-state index contributed by atoms with van der Waals surface area (Å²) in [5.74, 6) is 1.96. The topological polar surface area (TPSA) is 213 Å². The fraction of sp³-hybridized carbons (Fsp3) is 0.0526. The molecule has 14 nitrogen and oxygen atoms in total. The number of nitrogens with zero attached hydrogens (tertiary/aromatic N) is 2. The third-order valence-electron chi connectivity index (χ3n) is 8.09. The minimum atomic E-state index is -5.44. The Morgan fingerprint density at radius 3 is 1.20 bits per heavy atom. The van der Waals surface area contributed by atoms with Crippen molar-refractivity contribution >= 4 is 52.6 Å². The van der Waals surface area contributed by atoms with Crippen molar-refractivity contribution in [3.8, 4) is 34.5 Å². The van der Waals surface area contributed by atoms with Crippen LogP contribution in [0.15, 0.2) is 150 Å². The van der Waals surface area contributed by atoms with E-state index in [0.29, 0.717) is 62.9 Å². The van der Waals surface area contributed by atoms with Crippen LogP contribution >= 0.6 is 24.1 Å². The second-order valence-corrected chi connectivity index (χ2v) is 18.8. The second-order valence-electron chi connectivity index (χ2n) is 12.3. The van der Waals surface area contributed by atoms with E-state index in [-0.39, 0.29) is 0 Å². The molecule has 284 valence electrons. The van der Waals surface area contributed by atoms with Gasteiger partial charge in [0.25, 0.3) is 0 Å². The molecule has 0 fully saturated rings. The van der Waals surface area contributed by atoms with Gasteiger partial charge in [-0.15, -0.1) is 0 Å². The van der Waals surface area contributed by atoms with Crippen molar-refractivity contribution in [2.24, 2.45) is 4.52 Å². The fourth-order valence-electron chi connectivity index (χ4n) is 5.28. The van der Waals surface area contributed by atoms with Crippen molar-refractivity contribution in [1.82, 2.24) is 9.46 Å². The Labute approximate surface area is 320 Å². The average Bonchev–Trinajstić information content (AvgIpc) is 3.18. The Morgan fingerprint density at radius 1 is 0.509 bits per heavy atom. The Bertz CT molecular complexity index is 2190. The van der Waals surface area contributed by atoms with Crippen LogP contribution in [0, 0.1) is 0 Å². The van der Waals surface area contributed by atoms with Gasteiger partial charge in [-0.1, -0.05) is 0 Å². The average molecular weight is 799 g/mol. The number of benzene rings is 6. The first-order chi connectivity index (χ1) is 26.5. The zero-order valence-corrected chi connectivity index (χ0v) is 32.5. The van der Waals surface area contributed by atoms with E-state index >= 15 is 0 Å². The Balaban J connectivity index is 1.55. The monoisotopic (exact) mass is 798 g/mol. The second kappa shape index (κ2) is 15.5. The molecule has 0 radical (unpaired) electrons. The molecule has 1 aliphatic rings. The molecule has 1 heterocycles. The van der Waals surface area contributed by atoms with Crippen molar-refractivity contribution in [3.05, 3.63) is 151 Å². The van der Waals surface area contributed by atoms with E-state index in [2.05, 4.69) is 11.8 Å². The van der Waals surface area contributed by atoms with Gasteiger partial charge in [0, 0.05) is 0 Å². The van der Waals surface area contributed by atoms with Crippen LogP contribution in [0.4, 0.5) is 28.4 Å². The summed E-state index contributed by atoms with van der Waals surface area (Å²) in [6.07, 6.45) is 0.804. The van der Waals surface area contributed by atoms with Gasteiger partial charge in [-0.2, -0.15) is 0 Å². The number of nitrogens with one attached hydrogen (secondary N) is 1. The summed E-state index contributed by atoms with van der Waals surface area (Å²) in [5.41, 5.74) is 34.3. The standard InChI is InChI=1S/C38H41N8O6P3/c1-2-27-3-15-36(16-4-27)50-55(51-37-23-11-31(42)12-24-37,52-38-25-13-32(43)14-26-38)45-53-44-54(48-34-19-7-29(40)8-20-34,49-35-21-9-30(41)10-22-35)46(55)47-33-17-5-28(39)6-18-33/h3-26,45,53H,2,39-43H2,1H3. The van der Waals surface area contributed by atoms with E-state index in [1.54, 1.807) is 121 Å². The van der Waals surface area contributed by atoms with Crippen LogP contribution in [0.5, 0.6) is 34.5 Å². The molecule has 55 heavy (non-hydrogen) atoms. The van der Waals surface area contributed by atoms with Gasteiger partial charge in [-0.05, 0) is 0 Å². The van der Waals surface area contributed by atoms with Crippen LogP contribution < -0.4 is 61.0 Å². The number of hydrogen-bond donors (Lipinski definition) is 6. The van der Waals surface area contributed by atoms with Gasteiger partial charge in [0.15, 0.2) is 0 Å². The first-order valence-corrected chi connectivity index (χ1v) is 21.5. The molecule has 0 spiro atoms. The van der Waals surface area contributed by atoms with Crippen LogP contribution in [0.1, 0.15) is 12.5 Å². The number of rotatable bonds is 13. The number of nitrogen functional groups attached to an aromatic ring is 5. The van der Waals surface area contributed by atoms with E-state index < -0.39 is 24.1 Å². The molecule has 1 unspecified atom stereocenters. The predicted octanol–water partition coefficient (Wildman–Crippen LogP) is 9.34. The van der Waals surface area contributed by atoms with Gasteiger partial charge in [-0.25, -0.2) is 0 Å². The molecular formula is C38H41N8O6P3. The fourth-order valence-corrected chi connectivity index (χ4v) is 14.6. The van der Waals surface area contributed by atoms with Crippen LogP contribution in [0.2, 0.25) is 0 Å². The van der Waals surface area contributed by atoms with Gasteiger partial charge >= 0.3 is 322 Å². The van der Waals surface area contributed by atoms with Crippen LogP contribution in [0.25, 0.3) is 0 Å². The van der Waals surface area contributed by atoms with Gasteiger partial charge in [-0.3, -0.25) is 0 Å². The molecule has 0 saturated carbocycles. The minimum absolute atomic E-state index is 0.295. The number of aryl methyl sites for hydroxylation is 1.